The molecule has 0 radical (unpaired) electrons. The summed E-state index contributed by atoms with van der Waals surface area (Å²) in [5, 5.41) is 0. The van der Waals surface area contributed by atoms with Gasteiger partial charge in [-0.15, -0.1) is 0 Å². The van der Waals surface area contributed by atoms with Gasteiger partial charge in [0, 0.05) is 49.4 Å². The van der Waals surface area contributed by atoms with Crippen molar-refractivity contribution in [3.05, 3.63) is 0 Å². The summed E-state index contributed by atoms with van der Waals surface area (Å²) in [6, 6.07) is 0. The Hall–Kier alpha value is -1.32. The fourth-order valence-electron chi connectivity index (χ4n) is 14.5. The molecule has 8 aliphatic rings. The molecule has 4 nitrogen and oxygen atoms in total. The van der Waals surface area contributed by atoms with Crippen molar-refractivity contribution in [1.29, 1.82) is 0 Å². The summed E-state index contributed by atoms with van der Waals surface area (Å²) in [7, 11) is 0. The molecule has 0 aromatic heterocycles. The smallest absolute Gasteiger partial charge is 0.139 e. The molecule has 0 bridgehead atoms. The van der Waals surface area contributed by atoms with E-state index >= 15 is 0 Å². The highest BCUT2D eigenvalue weighted by Crippen LogP contribution is 2.65. The van der Waals surface area contributed by atoms with Crippen molar-refractivity contribution in [1.82, 2.24) is 0 Å². The van der Waals surface area contributed by atoms with Crippen LogP contribution in [0.2, 0.25) is 0 Å². The molecule has 8 rings (SSSR count). The molecule has 0 aliphatic heterocycles. The zero-order valence-electron chi connectivity index (χ0n) is 29.8. The number of hydrogen-bond donors (Lipinski definition) is 0. The molecule has 256 valence electrons. The fraction of sp³-hybridized carbons (Fsp3) is 0.905. The van der Waals surface area contributed by atoms with Crippen LogP contribution in [0.3, 0.4) is 0 Å². The largest absolute Gasteiger partial charge is 0.300 e. The van der Waals surface area contributed by atoms with E-state index in [2.05, 4.69) is 27.7 Å². The van der Waals surface area contributed by atoms with E-state index in [1.165, 1.54) is 57.8 Å². The van der Waals surface area contributed by atoms with E-state index in [1.807, 2.05) is 0 Å². The first-order chi connectivity index (χ1) is 21.9. The van der Waals surface area contributed by atoms with Crippen LogP contribution in [0.25, 0.3) is 0 Å². The number of carbonyl (C=O) groups excluding carboxylic acids is 4. The third kappa shape index (κ3) is 5.26. The zero-order chi connectivity index (χ0) is 32.5. The normalized spacial score (nSPS) is 50.5. The predicted molar refractivity (Wildman–Crippen MR) is 182 cm³/mol. The van der Waals surface area contributed by atoms with E-state index in [1.54, 1.807) is 0 Å². The molecular weight excluding hydrogens is 568 g/mol. The summed E-state index contributed by atoms with van der Waals surface area (Å²) in [4.78, 5) is 49.4. The Labute approximate surface area is 279 Å². The van der Waals surface area contributed by atoms with Gasteiger partial charge >= 0.3 is 0 Å². The molecule has 8 fully saturated rings. The van der Waals surface area contributed by atoms with Gasteiger partial charge in [-0.25, -0.2) is 0 Å². The monoisotopic (exact) mass is 632 g/mol. The Morgan fingerprint density at radius 1 is 0.435 bits per heavy atom. The minimum Gasteiger partial charge on any atom is -0.300 e. The molecule has 0 N–H and O–H groups in total. The van der Waals surface area contributed by atoms with Gasteiger partial charge in [-0.05, 0) is 161 Å². The molecule has 4 heteroatoms. The lowest BCUT2D eigenvalue weighted by atomic mass is 9.44. The third-order valence-corrected chi connectivity index (χ3v) is 17.4. The summed E-state index contributed by atoms with van der Waals surface area (Å²) in [6.45, 7) is 9.56. The second kappa shape index (κ2) is 12.2. The number of Topliss-reactive ketones (excluding diaryl/α,β-unsaturated/α-hetero) is 4. The van der Waals surface area contributed by atoms with Gasteiger partial charge in [0.2, 0.25) is 0 Å². The number of hydrogen-bond acceptors (Lipinski definition) is 4. The Kier molecular flexibility index (Phi) is 8.82. The molecule has 0 heterocycles. The van der Waals surface area contributed by atoms with Crippen LogP contribution >= 0.6 is 0 Å². The molecule has 0 saturated heterocycles. The second-order valence-electron chi connectivity index (χ2n) is 19.0. The van der Waals surface area contributed by atoms with Crippen LogP contribution < -0.4 is 0 Å². The van der Waals surface area contributed by atoms with E-state index in [9.17, 15) is 19.2 Å². The maximum absolute atomic E-state index is 12.6. The topological polar surface area (TPSA) is 68.3 Å². The van der Waals surface area contributed by atoms with Crippen molar-refractivity contribution < 1.29 is 19.2 Å². The van der Waals surface area contributed by atoms with Crippen molar-refractivity contribution in [2.45, 2.75) is 169 Å². The first-order valence-electron chi connectivity index (χ1n) is 20.0. The summed E-state index contributed by atoms with van der Waals surface area (Å²) in [5.41, 5.74) is 0.667. The highest BCUT2D eigenvalue weighted by molar-refractivity contribution is 5.86. The highest BCUT2D eigenvalue weighted by Gasteiger charge is 2.60. The summed E-state index contributed by atoms with van der Waals surface area (Å²) < 4.78 is 0. The predicted octanol–water partition coefficient (Wildman–Crippen LogP) is 9.89. The van der Waals surface area contributed by atoms with Crippen LogP contribution in [-0.4, -0.2) is 23.1 Å². The SMILES string of the molecule is CC12CCC3C(CCC4CC(=O)CCCC43C)C1CCCC2=O.CC12CCC3C(CCC4CCC(=O)CCC43C)C1CCCC2=O. The lowest BCUT2D eigenvalue weighted by Gasteiger charge is -2.60. The van der Waals surface area contributed by atoms with Crippen molar-refractivity contribution in [2.75, 3.05) is 0 Å². The van der Waals surface area contributed by atoms with Gasteiger partial charge in [0.05, 0.1) is 0 Å². The Morgan fingerprint density at radius 2 is 0.978 bits per heavy atom. The first kappa shape index (κ1) is 33.2. The summed E-state index contributed by atoms with van der Waals surface area (Å²) >= 11 is 0. The molecule has 12 atom stereocenters. The van der Waals surface area contributed by atoms with Gasteiger partial charge in [0.25, 0.3) is 0 Å². The van der Waals surface area contributed by atoms with E-state index in [0.717, 1.165) is 113 Å². The minimum atomic E-state index is -0.0246. The average Bonchev–Trinajstić information content (AvgIpc) is 3.28. The molecule has 8 aliphatic carbocycles. The molecule has 46 heavy (non-hydrogen) atoms. The standard InChI is InChI=1S/2C21H32O2/c1-20-11-4-5-15(22)13-14(20)8-9-16-17-6-3-7-19(23)21(17,2)12-10-18(16)20;1-20-12-10-15(22)8-6-14(20)7-9-16-17-4-3-5-19(23)21(17,2)13-11-18(16)20/h2*14,16-18H,3-13H2,1-2H3. The van der Waals surface area contributed by atoms with Crippen LogP contribution in [0.5, 0.6) is 0 Å². The van der Waals surface area contributed by atoms with Gasteiger partial charge in [-0.1, -0.05) is 27.7 Å². The van der Waals surface area contributed by atoms with Crippen molar-refractivity contribution >= 4 is 23.1 Å². The maximum atomic E-state index is 12.6. The van der Waals surface area contributed by atoms with Crippen LogP contribution in [-0.2, 0) is 19.2 Å². The average molecular weight is 633 g/mol. The van der Waals surface area contributed by atoms with E-state index in [4.69, 9.17) is 0 Å². The van der Waals surface area contributed by atoms with Crippen LogP contribution in [0.15, 0.2) is 0 Å². The van der Waals surface area contributed by atoms with E-state index in [-0.39, 0.29) is 10.8 Å². The summed E-state index contributed by atoms with van der Waals surface area (Å²) in [6.07, 6.45) is 24.0. The lowest BCUT2D eigenvalue weighted by molar-refractivity contribution is -0.153. The number of fused-ring (bicyclic) bond motifs is 10. The van der Waals surface area contributed by atoms with Crippen molar-refractivity contribution in [2.24, 2.45) is 69.0 Å². The lowest BCUT2D eigenvalue weighted by Crippen LogP contribution is -2.55. The molecule has 8 saturated carbocycles. The molecule has 12 unspecified atom stereocenters. The third-order valence-electron chi connectivity index (χ3n) is 17.4. The minimum absolute atomic E-state index is 0.0246. The van der Waals surface area contributed by atoms with Crippen molar-refractivity contribution in [3.8, 4) is 0 Å². The Morgan fingerprint density at radius 3 is 1.57 bits per heavy atom. The number of rotatable bonds is 0. The van der Waals surface area contributed by atoms with Crippen molar-refractivity contribution in [3.63, 3.8) is 0 Å². The molecule has 0 amide bonds. The summed E-state index contributed by atoms with van der Waals surface area (Å²) in [5.74, 6) is 7.72. The van der Waals surface area contributed by atoms with E-state index < -0.39 is 0 Å². The maximum Gasteiger partial charge on any atom is 0.139 e. The quantitative estimate of drug-likeness (QED) is 0.267. The molecule has 0 aromatic carbocycles. The van der Waals surface area contributed by atoms with Gasteiger partial charge in [-0.2, -0.15) is 0 Å². The second-order valence-corrected chi connectivity index (χ2v) is 19.0. The zero-order valence-corrected chi connectivity index (χ0v) is 29.8. The number of carbonyl (C=O) groups is 4. The van der Waals surface area contributed by atoms with Crippen LogP contribution in [0.1, 0.15) is 169 Å². The van der Waals surface area contributed by atoms with Crippen LogP contribution in [0.4, 0.5) is 0 Å². The van der Waals surface area contributed by atoms with Gasteiger partial charge in [-0.3, -0.25) is 19.2 Å². The number of ketones is 4. The van der Waals surface area contributed by atoms with Gasteiger partial charge in [0.15, 0.2) is 0 Å². The van der Waals surface area contributed by atoms with Crippen LogP contribution in [0, 0.1) is 69.0 Å². The van der Waals surface area contributed by atoms with E-state index in [0.29, 0.717) is 51.7 Å². The first-order valence-corrected chi connectivity index (χ1v) is 20.0. The highest BCUT2D eigenvalue weighted by atomic mass is 16.1. The van der Waals surface area contributed by atoms with Gasteiger partial charge in [0.1, 0.15) is 23.1 Å². The molecular formula is C42H64O4. The van der Waals surface area contributed by atoms with Gasteiger partial charge < -0.3 is 0 Å². The molecule has 0 spiro atoms. The fourth-order valence-corrected chi connectivity index (χ4v) is 14.5. The Bertz CT molecular complexity index is 1190. The molecule has 0 aromatic rings. The Balaban J connectivity index is 0.000000147.